The molecule has 0 spiro atoms. The molecule has 1 aromatic heterocycles. The van der Waals surface area contributed by atoms with Crippen molar-refractivity contribution >= 4 is 32.6 Å². The molecular formula is C26H32N4OS. The highest BCUT2D eigenvalue weighted by Crippen LogP contribution is 2.33. The fourth-order valence-electron chi connectivity index (χ4n) is 5.00. The van der Waals surface area contributed by atoms with E-state index in [0.717, 1.165) is 34.0 Å². The smallest absolute Gasteiger partial charge is 0.243 e. The van der Waals surface area contributed by atoms with Crippen LogP contribution in [0.15, 0.2) is 42.5 Å². The maximum Gasteiger partial charge on any atom is 0.243 e. The van der Waals surface area contributed by atoms with Crippen LogP contribution < -0.4 is 4.90 Å². The second kappa shape index (κ2) is 9.30. The molecule has 2 aromatic carbocycles. The van der Waals surface area contributed by atoms with Gasteiger partial charge in [0.2, 0.25) is 5.91 Å². The summed E-state index contributed by atoms with van der Waals surface area (Å²) in [5, 5.41) is 0.804. The maximum atomic E-state index is 13.6. The van der Waals surface area contributed by atoms with E-state index in [1.54, 1.807) is 11.3 Å². The Bertz CT molecular complexity index is 1090. The van der Waals surface area contributed by atoms with Gasteiger partial charge in [-0.1, -0.05) is 47.7 Å². The Kier molecular flexibility index (Phi) is 6.26. The molecule has 2 aliphatic rings. The molecule has 2 fully saturated rings. The minimum atomic E-state index is 0.143. The van der Waals surface area contributed by atoms with E-state index < -0.39 is 0 Å². The Balaban J connectivity index is 1.37. The first-order chi connectivity index (χ1) is 15.6. The number of anilines is 1. The van der Waals surface area contributed by atoms with Crippen LogP contribution >= 0.6 is 11.3 Å². The molecule has 3 aromatic rings. The lowest BCUT2D eigenvalue weighted by atomic mass is 10.1. The van der Waals surface area contributed by atoms with Gasteiger partial charge in [0, 0.05) is 19.1 Å². The first-order valence-electron chi connectivity index (χ1n) is 11.8. The zero-order valence-corrected chi connectivity index (χ0v) is 19.9. The molecule has 0 radical (unpaired) electrons. The number of nitrogens with zero attached hydrogens (tertiary/aromatic N) is 4. The van der Waals surface area contributed by atoms with Gasteiger partial charge < -0.3 is 0 Å². The van der Waals surface area contributed by atoms with Gasteiger partial charge in [-0.3, -0.25) is 19.5 Å². The highest BCUT2D eigenvalue weighted by atomic mass is 32.1. The van der Waals surface area contributed by atoms with Crippen LogP contribution in [0.4, 0.5) is 5.13 Å². The molecule has 168 valence electrons. The molecule has 1 unspecified atom stereocenters. The topological polar surface area (TPSA) is 39.7 Å². The van der Waals surface area contributed by atoms with Crippen LogP contribution in [-0.4, -0.2) is 59.5 Å². The normalized spacial score (nSPS) is 19.8. The molecule has 2 aliphatic heterocycles. The van der Waals surface area contributed by atoms with E-state index in [1.807, 2.05) is 23.1 Å². The van der Waals surface area contributed by atoms with Gasteiger partial charge in [0.1, 0.15) is 0 Å². The van der Waals surface area contributed by atoms with Crippen LogP contribution in [0.1, 0.15) is 36.0 Å². The highest BCUT2D eigenvalue weighted by Gasteiger charge is 2.31. The van der Waals surface area contributed by atoms with Gasteiger partial charge in [-0.2, -0.15) is 0 Å². The lowest BCUT2D eigenvalue weighted by Crippen LogP contribution is -2.41. The monoisotopic (exact) mass is 448 g/mol. The first kappa shape index (κ1) is 21.6. The van der Waals surface area contributed by atoms with E-state index in [9.17, 15) is 4.79 Å². The average molecular weight is 449 g/mol. The summed E-state index contributed by atoms with van der Waals surface area (Å²) in [6, 6.07) is 15.1. The molecule has 2 saturated heterocycles. The standard InChI is InChI=1S/C26H32N4OS/c1-19-10-11-23-25(20(19)2)27-26(32-23)30(16-21-8-4-3-5-9-21)24(31)18-28-15-12-22(17-28)29-13-6-7-14-29/h3-5,8-11,22H,6-7,12-18H2,1-2H3. The molecule has 0 bridgehead atoms. The zero-order chi connectivity index (χ0) is 22.1. The van der Waals surface area contributed by atoms with Crippen molar-refractivity contribution in [1.29, 1.82) is 0 Å². The van der Waals surface area contributed by atoms with Gasteiger partial charge in [0.25, 0.3) is 0 Å². The molecule has 6 heteroatoms. The van der Waals surface area contributed by atoms with Crippen LogP contribution in [0.3, 0.4) is 0 Å². The molecule has 0 N–H and O–H groups in total. The number of thiazole rings is 1. The fraction of sp³-hybridized carbons (Fsp3) is 0.462. The minimum absolute atomic E-state index is 0.143. The van der Waals surface area contributed by atoms with Crippen LogP contribution in [0, 0.1) is 13.8 Å². The van der Waals surface area contributed by atoms with Crippen molar-refractivity contribution in [3.63, 3.8) is 0 Å². The summed E-state index contributed by atoms with van der Waals surface area (Å²) in [6.45, 7) is 9.70. The van der Waals surface area contributed by atoms with Crippen molar-refractivity contribution in [2.45, 2.75) is 45.7 Å². The molecule has 1 atom stereocenters. The summed E-state index contributed by atoms with van der Waals surface area (Å²) in [5.74, 6) is 0.143. The first-order valence-corrected chi connectivity index (χ1v) is 12.6. The molecule has 3 heterocycles. The largest absolute Gasteiger partial charge is 0.299 e. The Hall–Kier alpha value is -2.28. The number of hydrogen-bond donors (Lipinski definition) is 0. The lowest BCUT2D eigenvalue weighted by Gasteiger charge is -2.25. The van der Waals surface area contributed by atoms with E-state index >= 15 is 0 Å². The third kappa shape index (κ3) is 4.45. The van der Waals surface area contributed by atoms with Gasteiger partial charge in [0.15, 0.2) is 5.13 Å². The van der Waals surface area contributed by atoms with Gasteiger partial charge in [-0.25, -0.2) is 4.98 Å². The van der Waals surface area contributed by atoms with Gasteiger partial charge in [-0.15, -0.1) is 0 Å². The van der Waals surface area contributed by atoms with Crippen molar-refractivity contribution in [2.24, 2.45) is 0 Å². The predicted octanol–water partition coefficient (Wildman–Crippen LogP) is 4.62. The second-order valence-electron chi connectivity index (χ2n) is 9.24. The van der Waals surface area contributed by atoms with E-state index in [2.05, 4.69) is 47.9 Å². The van der Waals surface area contributed by atoms with Crippen molar-refractivity contribution in [2.75, 3.05) is 37.6 Å². The van der Waals surface area contributed by atoms with E-state index in [1.165, 1.54) is 43.5 Å². The quantitative estimate of drug-likeness (QED) is 0.552. The van der Waals surface area contributed by atoms with Crippen molar-refractivity contribution in [1.82, 2.24) is 14.8 Å². The molecule has 5 nitrogen and oxygen atoms in total. The molecular weight excluding hydrogens is 416 g/mol. The minimum Gasteiger partial charge on any atom is -0.299 e. The Morgan fingerprint density at radius 2 is 1.88 bits per heavy atom. The number of aromatic nitrogens is 1. The zero-order valence-electron chi connectivity index (χ0n) is 19.1. The number of likely N-dealkylation sites (tertiary alicyclic amines) is 2. The molecule has 1 amide bonds. The van der Waals surface area contributed by atoms with Gasteiger partial charge >= 0.3 is 0 Å². The average Bonchev–Trinajstić information content (AvgIpc) is 3.56. The third-order valence-corrected chi connectivity index (χ3v) is 8.10. The SMILES string of the molecule is Cc1ccc2sc(N(Cc3ccccc3)C(=O)CN3CCC(N4CCCC4)C3)nc2c1C. The summed E-state index contributed by atoms with van der Waals surface area (Å²) >= 11 is 1.62. The summed E-state index contributed by atoms with van der Waals surface area (Å²) < 4.78 is 1.14. The maximum absolute atomic E-state index is 13.6. The third-order valence-electron chi connectivity index (χ3n) is 7.05. The Morgan fingerprint density at radius 1 is 1.09 bits per heavy atom. The van der Waals surface area contributed by atoms with Gasteiger partial charge in [0.05, 0.1) is 23.3 Å². The Morgan fingerprint density at radius 3 is 2.66 bits per heavy atom. The number of aryl methyl sites for hydroxylation is 2. The number of hydrogen-bond acceptors (Lipinski definition) is 5. The summed E-state index contributed by atoms with van der Waals surface area (Å²) in [4.78, 5) is 25.4. The summed E-state index contributed by atoms with van der Waals surface area (Å²) in [5.41, 5.74) is 4.58. The van der Waals surface area contributed by atoms with Crippen LogP contribution in [-0.2, 0) is 11.3 Å². The van der Waals surface area contributed by atoms with Crippen LogP contribution in [0.2, 0.25) is 0 Å². The number of carbonyl (C=O) groups excluding carboxylic acids is 1. The van der Waals surface area contributed by atoms with E-state index in [0.29, 0.717) is 19.1 Å². The second-order valence-corrected chi connectivity index (χ2v) is 10.2. The van der Waals surface area contributed by atoms with Gasteiger partial charge in [-0.05, 0) is 69.0 Å². The fourth-order valence-corrected chi connectivity index (χ4v) is 6.04. The number of fused-ring (bicyclic) bond motifs is 1. The van der Waals surface area contributed by atoms with E-state index in [4.69, 9.17) is 4.98 Å². The van der Waals surface area contributed by atoms with Crippen LogP contribution in [0.25, 0.3) is 10.2 Å². The highest BCUT2D eigenvalue weighted by molar-refractivity contribution is 7.22. The summed E-state index contributed by atoms with van der Waals surface area (Å²) in [7, 11) is 0. The van der Waals surface area contributed by atoms with Crippen LogP contribution in [0.5, 0.6) is 0 Å². The van der Waals surface area contributed by atoms with E-state index in [-0.39, 0.29) is 5.91 Å². The number of amides is 1. The predicted molar refractivity (Wildman–Crippen MR) is 132 cm³/mol. The number of carbonyl (C=O) groups is 1. The van der Waals surface area contributed by atoms with Crippen molar-refractivity contribution in [3.05, 3.63) is 59.2 Å². The number of rotatable bonds is 6. The molecule has 0 aliphatic carbocycles. The molecule has 0 saturated carbocycles. The van der Waals surface area contributed by atoms with Crippen molar-refractivity contribution < 1.29 is 4.79 Å². The Labute approximate surface area is 194 Å². The number of benzene rings is 2. The van der Waals surface area contributed by atoms with Crippen molar-refractivity contribution in [3.8, 4) is 0 Å². The molecule has 5 rings (SSSR count). The molecule has 32 heavy (non-hydrogen) atoms. The summed E-state index contributed by atoms with van der Waals surface area (Å²) in [6.07, 6.45) is 3.80. The lowest BCUT2D eigenvalue weighted by molar-refractivity contribution is -0.119.